The van der Waals surface area contributed by atoms with Crippen LogP contribution in [0, 0.1) is 6.92 Å². The molecule has 1 atom stereocenters. The number of Topliss-reactive ketones (excluding diaryl/α,β-unsaturated/α-hetero) is 1. The van der Waals surface area contributed by atoms with Crippen molar-refractivity contribution in [3.63, 3.8) is 0 Å². The van der Waals surface area contributed by atoms with Gasteiger partial charge in [-0.2, -0.15) is 4.98 Å². The van der Waals surface area contributed by atoms with Crippen molar-refractivity contribution in [3.8, 4) is 0 Å². The first-order valence-electron chi connectivity index (χ1n) is 11.0. The number of thioether (sulfide) groups is 1. The highest BCUT2D eigenvalue weighted by Gasteiger charge is 2.28. The zero-order valence-corrected chi connectivity index (χ0v) is 19.4. The molecule has 0 fully saturated rings. The lowest BCUT2D eigenvalue weighted by atomic mass is 9.81. The Bertz CT molecular complexity index is 1280. The molecular weight excluding hydrogens is 416 g/mol. The molecule has 0 spiro atoms. The average Bonchev–Trinajstić information content (AvgIpc) is 3.19. The highest BCUT2D eigenvalue weighted by molar-refractivity contribution is 7.98. The van der Waals surface area contributed by atoms with Crippen molar-refractivity contribution in [1.29, 1.82) is 0 Å². The minimum Gasteiger partial charge on any atom is -0.294 e. The summed E-state index contributed by atoms with van der Waals surface area (Å²) in [7, 11) is 0. The van der Waals surface area contributed by atoms with Crippen LogP contribution in [-0.2, 0) is 12.2 Å². The van der Waals surface area contributed by atoms with Gasteiger partial charge in [-0.15, -0.1) is 5.10 Å². The summed E-state index contributed by atoms with van der Waals surface area (Å²) in [5.41, 5.74) is 6.49. The number of aryl methyl sites for hydroxylation is 1. The number of carbonyl (C=O) groups excluding carboxylic acids is 1. The normalized spacial score (nSPS) is 16.0. The molecule has 2 aromatic heterocycles. The molecule has 6 heteroatoms. The first kappa shape index (κ1) is 20.9. The maximum Gasteiger partial charge on any atom is 0.253 e. The summed E-state index contributed by atoms with van der Waals surface area (Å²) < 4.78 is 1.64. The van der Waals surface area contributed by atoms with E-state index in [2.05, 4.69) is 79.4 Å². The average molecular weight is 443 g/mol. The van der Waals surface area contributed by atoms with E-state index < -0.39 is 0 Å². The topological polar surface area (TPSA) is 60.1 Å². The number of hydrogen-bond acceptors (Lipinski definition) is 5. The molecule has 0 amide bonds. The fraction of sp³-hybridized carbons (Fsp3) is 0.308. The molecule has 0 bridgehead atoms. The fourth-order valence-corrected chi connectivity index (χ4v) is 4.93. The van der Waals surface area contributed by atoms with Crippen LogP contribution >= 0.6 is 11.8 Å². The first-order chi connectivity index (χ1) is 15.5. The van der Waals surface area contributed by atoms with Gasteiger partial charge in [-0.3, -0.25) is 4.79 Å². The Labute approximate surface area is 192 Å². The lowest BCUT2D eigenvalue weighted by molar-refractivity contribution is 0.0962. The maximum atomic E-state index is 12.9. The molecule has 0 N–H and O–H groups in total. The summed E-state index contributed by atoms with van der Waals surface area (Å²) >= 11 is 1.58. The first-order valence-corrected chi connectivity index (χ1v) is 12.0. The highest BCUT2D eigenvalue weighted by atomic mass is 32.2. The molecule has 1 aliphatic rings. The molecule has 0 radical (unpaired) electrons. The van der Waals surface area contributed by atoms with E-state index in [-0.39, 0.29) is 11.7 Å². The van der Waals surface area contributed by atoms with Crippen molar-refractivity contribution in [3.05, 3.63) is 88.2 Å². The predicted molar refractivity (Wildman–Crippen MR) is 127 cm³/mol. The van der Waals surface area contributed by atoms with Crippen molar-refractivity contribution in [2.24, 2.45) is 0 Å². The number of ketones is 1. The van der Waals surface area contributed by atoms with Crippen LogP contribution in [0.4, 0.5) is 0 Å². The number of aromatic nitrogens is 4. The van der Waals surface area contributed by atoms with Gasteiger partial charge in [-0.05, 0) is 41.9 Å². The Kier molecular flexibility index (Phi) is 5.55. The molecule has 32 heavy (non-hydrogen) atoms. The van der Waals surface area contributed by atoms with Crippen LogP contribution in [0.25, 0.3) is 5.78 Å². The minimum atomic E-state index is 0.128. The van der Waals surface area contributed by atoms with Gasteiger partial charge >= 0.3 is 0 Å². The van der Waals surface area contributed by atoms with Gasteiger partial charge in [0.25, 0.3) is 5.78 Å². The maximum absolute atomic E-state index is 12.9. The van der Waals surface area contributed by atoms with E-state index in [1.54, 1.807) is 22.5 Å². The zero-order chi connectivity index (χ0) is 22.2. The lowest BCUT2D eigenvalue weighted by Gasteiger charge is -2.23. The molecule has 0 unspecified atom stereocenters. The van der Waals surface area contributed by atoms with Crippen LogP contribution in [-0.4, -0.2) is 25.4 Å². The van der Waals surface area contributed by atoms with Crippen LogP contribution in [0.15, 0.2) is 59.9 Å². The predicted octanol–water partition coefficient (Wildman–Crippen LogP) is 5.76. The largest absolute Gasteiger partial charge is 0.294 e. The molecule has 5 rings (SSSR count). The molecule has 0 saturated carbocycles. The molecular formula is C26H26N4OS. The van der Waals surface area contributed by atoms with Gasteiger partial charge in [0.05, 0.1) is 11.3 Å². The summed E-state index contributed by atoms with van der Waals surface area (Å²) in [5, 5.41) is 5.22. The van der Waals surface area contributed by atoms with Gasteiger partial charge in [-0.25, -0.2) is 9.50 Å². The molecule has 2 heterocycles. The Morgan fingerprint density at radius 2 is 1.78 bits per heavy atom. The lowest BCUT2D eigenvalue weighted by Crippen LogP contribution is -2.21. The monoisotopic (exact) mass is 442 g/mol. The summed E-state index contributed by atoms with van der Waals surface area (Å²) in [4.78, 5) is 22.3. The third-order valence-electron chi connectivity index (χ3n) is 6.13. The molecule has 0 saturated heterocycles. The number of hydrogen-bond donors (Lipinski definition) is 0. The standard InChI is InChI=1S/C26H26N4OS/c1-16(2)19-8-10-20(11-9-19)21-12-23-22(24(31)13-21)14-30-25(27-23)28-26(29-30)32-15-18-6-4-17(3)5-7-18/h4-11,14,16,21H,12-13,15H2,1-3H3/t21-/m1/s1. The fourth-order valence-electron chi connectivity index (χ4n) is 4.15. The van der Waals surface area contributed by atoms with E-state index in [9.17, 15) is 4.79 Å². The van der Waals surface area contributed by atoms with E-state index in [1.807, 2.05) is 0 Å². The number of rotatable bonds is 5. The van der Waals surface area contributed by atoms with Crippen molar-refractivity contribution in [1.82, 2.24) is 19.6 Å². The quantitative estimate of drug-likeness (QED) is 0.368. The summed E-state index contributed by atoms with van der Waals surface area (Å²) in [6.07, 6.45) is 3.06. The summed E-state index contributed by atoms with van der Waals surface area (Å²) in [5.74, 6) is 2.13. The second-order valence-electron chi connectivity index (χ2n) is 8.86. The number of fused-ring (bicyclic) bond motifs is 2. The molecule has 5 nitrogen and oxygen atoms in total. The van der Waals surface area contributed by atoms with Crippen molar-refractivity contribution in [2.75, 3.05) is 0 Å². The summed E-state index contributed by atoms with van der Waals surface area (Å²) in [6, 6.07) is 17.1. The number of carbonyl (C=O) groups is 1. The van der Waals surface area contributed by atoms with Gasteiger partial charge in [0.15, 0.2) is 5.78 Å². The minimum absolute atomic E-state index is 0.128. The van der Waals surface area contributed by atoms with Crippen molar-refractivity contribution >= 4 is 23.3 Å². The van der Waals surface area contributed by atoms with Crippen molar-refractivity contribution < 1.29 is 4.79 Å². The second-order valence-corrected chi connectivity index (χ2v) is 9.81. The summed E-state index contributed by atoms with van der Waals surface area (Å²) in [6.45, 7) is 6.47. The van der Waals surface area contributed by atoms with Gasteiger partial charge in [0, 0.05) is 18.4 Å². The SMILES string of the molecule is Cc1ccc(CSc2nc3nc4c(cn3n2)C(=O)C[C@H](c2ccc(C(C)C)cc2)C4)cc1. The Morgan fingerprint density at radius 1 is 1.03 bits per heavy atom. The molecule has 4 aromatic rings. The van der Waals surface area contributed by atoms with E-state index >= 15 is 0 Å². The molecule has 162 valence electrons. The third-order valence-corrected chi connectivity index (χ3v) is 7.03. The van der Waals surface area contributed by atoms with Crippen LogP contribution in [0.2, 0.25) is 0 Å². The number of nitrogens with zero attached hydrogens (tertiary/aromatic N) is 4. The third kappa shape index (κ3) is 4.19. The Hall–Kier alpha value is -2.99. The van der Waals surface area contributed by atoms with Gasteiger partial charge in [0.2, 0.25) is 5.16 Å². The Morgan fingerprint density at radius 3 is 2.50 bits per heavy atom. The molecule has 1 aliphatic carbocycles. The van der Waals surface area contributed by atoms with Crippen molar-refractivity contribution in [2.45, 2.75) is 56.4 Å². The Balaban J connectivity index is 1.37. The van der Waals surface area contributed by atoms with E-state index in [0.29, 0.717) is 28.8 Å². The van der Waals surface area contributed by atoms with Crippen LogP contribution in [0.1, 0.15) is 70.4 Å². The smallest absolute Gasteiger partial charge is 0.253 e. The van der Waals surface area contributed by atoms with Crippen LogP contribution in [0.5, 0.6) is 0 Å². The number of benzene rings is 2. The van der Waals surface area contributed by atoms with E-state index in [4.69, 9.17) is 4.98 Å². The van der Waals surface area contributed by atoms with Gasteiger partial charge in [-0.1, -0.05) is 79.7 Å². The highest BCUT2D eigenvalue weighted by Crippen LogP contribution is 2.33. The van der Waals surface area contributed by atoms with Gasteiger partial charge in [0.1, 0.15) is 0 Å². The molecule has 2 aromatic carbocycles. The van der Waals surface area contributed by atoms with Crippen LogP contribution < -0.4 is 0 Å². The zero-order valence-electron chi connectivity index (χ0n) is 18.6. The van der Waals surface area contributed by atoms with Gasteiger partial charge < -0.3 is 0 Å². The van der Waals surface area contributed by atoms with E-state index in [0.717, 1.165) is 17.9 Å². The van der Waals surface area contributed by atoms with Crippen LogP contribution in [0.3, 0.4) is 0 Å². The molecule has 0 aliphatic heterocycles. The second kappa shape index (κ2) is 8.51. The van der Waals surface area contributed by atoms with E-state index in [1.165, 1.54) is 22.3 Å².